The zero-order valence-electron chi connectivity index (χ0n) is 30.6. The highest BCUT2D eigenvalue weighted by Gasteiger charge is 2.35. The predicted molar refractivity (Wildman–Crippen MR) is 210 cm³/mol. The molecule has 0 unspecified atom stereocenters. The number of carbonyl (C=O) groups excluding carboxylic acids is 2. The fraction of sp³-hybridized carbons (Fsp3) is 0.174. The van der Waals surface area contributed by atoms with Crippen LogP contribution in [-0.2, 0) is 15.3 Å². The first-order chi connectivity index (χ1) is 26.6. The van der Waals surface area contributed by atoms with Crippen LogP contribution in [0.5, 0.6) is 34.5 Å². The molecular weight excluding hydrogens is 713 g/mol. The molecule has 0 amide bonds. The summed E-state index contributed by atoms with van der Waals surface area (Å²) in [6, 6.07) is 41.7. The van der Waals surface area contributed by atoms with Crippen LogP contribution in [0.1, 0.15) is 70.9 Å². The summed E-state index contributed by atoms with van der Waals surface area (Å²) in [5.41, 5.74) is 3.33. The van der Waals surface area contributed by atoms with Gasteiger partial charge in [0.2, 0.25) is 9.84 Å². The van der Waals surface area contributed by atoms with E-state index in [1.54, 1.807) is 79.9 Å². The van der Waals surface area contributed by atoms with Crippen LogP contribution >= 0.6 is 0 Å². The third kappa shape index (κ3) is 8.32. The maximum absolute atomic E-state index is 13.3. The van der Waals surface area contributed by atoms with Gasteiger partial charge < -0.3 is 18.9 Å². The number of ketones is 1. The third-order valence-corrected chi connectivity index (χ3v) is 11.8. The Balaban J connectivity index is 0.952. The van der Waals surface area contributed by atoms with Crippen molar-refractivity contribution in [1.29, 1.82) is 0 Å². The molecule has 55 heavy (non-hydrogen) atoms. The highest BCUT2D eigenvalue weighted by molar-refractivity contribution is 7.91. The monoisotopic (exact) mass is 752 g/mol. The fourth-order valence-electron chi connectivity index (χ4n) is 7.02. The summed E-state index contributed by atoms with van der Waals surface area (Å²) in [6.45, 7) is 1.49. The van der Waals surface area contributed by atoms with Crippen molar-refractivity contribution >= 4 is 21.6 Å². The van der Waals surface area contributed by atoms with Crippen LogP contribution in [0.25, 0.3) is 0 Å². The molecule has 0 saturated heterocycles. The van der Waals surface area contributed by atoms with Crippen molar-refractivity contribution < 1.29 is 37.0 Å². The summed E-state index contributed by atoms with van der Waals surface area (Å²) in [7, 11) is -2.13. The zero-order valence-corrected chi connectivity index (χ0v) is 31.4. The molecule has 0 heterocycles. The highest BCUT2D eigenvalue weighted by atomic mass is 32.2. The molecule has 278 valence electrons. The molecule has 0 aliphatic heterocycles. The van der Waals surface area contributed by atoms with E-state index in [0.717, 1.165) is 31.4 Å². The standard InChI is InChI=1S/C46H40O8S/c1-32(47)33-6-14-38(15-7-33)52-40-22-26-43(27-23-40)55(49,50)44-28-24-41(25-29-44)53-39-16-8-34(9-17-39)45(48)54-42-20-12-36(13-21-42)46(30-4-3-5-31-46)35-10-18-37(51-2)19-11-35/h6-29H,3-5,30-31H2,1-2H3. The molecule has 0 N–H and O–H groups in total. The minimum atomic E-state index is -3.81. The molecular formula is C46H40O8S. The highest BCUT2D eigenvalue weighted by Crippen LogP contribution is 2.45. The van der Waals surface area contributed by atoms with Crippen LogP contribution in [0.4, 0.5) is 0 Å². The van der Waals surface area contributed by atoms with E-state index in [9.17, 15) is 18.0 Å². The lowest BCUT2D eigenvalue weighted by Gasteiger charge is -2.38. The first kappa shape index (κ1) is 37.1. The van der Waals surface area contributed by atoms with Crippen LogP contribution in [0.15, 0.2) is 155 Å². The average molecular weight is 753 g/mol. The number of sulfone groups is 1. The Kier molecular flexibility index (Phi) is 10.8. The van der Waals surface area contributed by atoms with Gasteiger partial charge in [-0.3, -0.25) is 4.79 Å². The quantitative estimate of drug-likeness (QED) is 0.0691. The Bertz CT molecular complexity index is 2360. The van der Waals surface area contributed by atoms with Crippen LogP contribution in [-0.4, -0.2) is 27.3 Å². The Labute approximate surface area is 321 Å². The van der Waals surface area contributed by atoms with E-state index >= 15 is 0 Å². The van der Waals surface area contributed by atoms with Crippen molar-refractivity contribution in [3.63, 3.8) is 0 Å². The summed E-state index contributed by atoms with van der Waals surface area (Å²) in [5, 5.41) is 0. The van der Waals surface area contributed by atoms with Crippen LogP contribution in [0, 0.1) is 0 Å². The number of esters is 1. The molecule has 0 aromatic heterocycles. The lowest BCUT2D eigenvalue weighted by Crippen LogP contribution is -2.30. The number of ether oxygens (including phenoxy) is 4. The lowest BCUT2D eigenvalue weighted by atomic mass is 9.65. The van der Waals surface area contributed by atoms with Gasteiger partial charge in [0.15, 0.2) is 5.78 Å². The first-order valence-corrected chi connectivity index (χ1v) is 19.6. The molecule has 1 saturated carbocycles. The van der Waals surface area contributed by atoms with Gasteiger partial charge in [-0.15, -0.1) is 0 Å². The molecule has 7 rings (SSSR count). The van der Waals surface area contributed by atoms with E-state index in [-0.39, 0.29) is 21.0 Å². The topological polar surface area (TPSA) is 105 Å². The van der Waals surface area contributed by atoms with E-state index in [4.69, 9.17) is 18.9 Å². The van der Waals surface area contributed by atoms with Gasteiger partial charge in [0, 0.05) is 11.0 Å². The van der Waals surface area contributed by atoms with E-state index < -0.39 is 15.8 Å². The molecule has 8 nitrogen and oxygen atoms in total. The van der Waals surface area contributed by atoms with Gasteiger partial charge in [0.1, 0.15) is 34.5 Å². The second-order valence-electron chi connectivity index (χ2n) is 13.5. The normalized spacial score (nSPS) is 13.7. The Hall–Kier alpha value is -6.19. The summed E-state index contributed by atoms with van der Waals surface area (Å²) < 4.78 is 49.5. The lowest BCUT2D eigenvalue weighted by molar-refractivity contribution is 0.0734. The summed E-state index contributed by atoms with van der Waals surface area (Å²) in [4.78, 5) is 24.8. The second-order valence-corrected chi connectivity index (χ2v) is 15.5. The maximum Gasteiger partial charge on any atom is 0.343 e. The van der Waals surface area contributed by atoms with E-state index in [1.807, 2.05) is 24.3 Å². The maximum atomic E-state index is 13.3. The van der Waals surface area contributed by atoms with Crippen molar-refractivity contribution in [2.24, 2.45) is 0 Å². The second kappa shape index (κ2) is 16.0. The number of hydrogen-bond acceptors (Lipinski definition) is 8. The molecule has 0 atom stereocenters. The zero-order chi connectivity index (χ0) is 38.4. The van der Waals surface area contributed by atoms with E-state index in [1.165, 1.54) is 48.7 Å². The van der Waals surface area contributed by atoms with Gasteiger partial charge in [-0.25, -0.2) is 13.2 Å². The summed E-state index contributed by atoms with van der Waals surface area (Å²) >= 11 is 0. The Morgan fingerprint density at radius 3 is 1.29 bits per heavy atom. The Morgan fingerprint density at radius 1 is 0.491 bits per heavy atom. The molecule has 0 spiro atoms. The molecule has 0 radical (unpaired) electrons. The van der Waals surface area contributed by atoms with Crippen molar-refractivity contribution in [3.05, 3.63) is 168 Å². The van der Waals surface area contributed by atoms with E-state index in [2.05, 4.69) is 24.3 Å². The van der Waals surface area contributed by atoms with Crippen LogP contribution in [0.2, 0.25) is 0 Å². The number of Topliss-reactive ketones (excluding diaryl/α,β-unsaturated/α-hetero) is 1. The van der Waals surface area contributed by atoms with Gasteiger partial charge in [-0.2, -0.15) is 0 Å². The number of methoxy groups -OCH3 is 1. The van der Waals surface area contributed by atoms with Gasteiger partial charge in [-0.05, 0) is 152 Å². The molecule has 6 aromatic carbocycles. The van der Waals surface area contributed by atoms with Gasteiger partial charge >= 0.3 is 5.97 Å². The molecule has 1 aliphatic carbocycles. The number of benzene rings is 6. The van der Waals surface area contributed by atoms with Gasteiger partial charge in [-0.1, -0.05) is 43.5 Å². The summed E-state index contributed by atoms with van der Waals surface area (Å²) in [5.74, 6) is 2.66. The first-order valence-electron chi connectivity index (χ1n) is 18.1. The largest absolute Gasteiger partial charge is 0.497 e. The fourth-order valence-corrected chi connectivity index (χ4v) is 8.28. The number of carbonyl (C=O) groups is 2. The molecule has 1 aliphatic rings. The minimum Gasteiger partial charge on any atom is -0.497 e. The van der Waals surface area contributed by atoms with Crippen LogP contribution < -0.4 is 18.9 Å². The minimum absolute atomic E-state index is 0.0407. The predicted octanol–water partition coefficient (Wildman–Crippen LogP) is 10.8. The van der Waals surface area contributed by atoms with Gasteiger partial charge in [0.05, 0.1) is 22.5 Å². The molecule has 9 heteroatoms. The van der Waals surface area contributed by atoms with Crippen molar-refractivity contribution in [1.82, 2.24) is 0 Å². The van der Waals surface area contributed by atoms with Crippen molar-refractivity contribution in [2.75, 3.05) is 7.11 Å². The van der Waals surface area contributed by atoms with Gasteiger partial charge in [0.25, 0.3) is 0 Å². The molecule has 1 fully saturated rings. The van der Waals surface area contributed by atoms with Crippen molar-refractivity contribution in [3.8, 4) is 34.5 Å². The third-order valence-electron chi connectivity index (χ3n) is 10.1. The number of hydrogen-bond donors (Lipinski definition) is 0. The Morgan fingerprint density at radius 2 is 0.873 bits per heavy atom. The molecule has 0 bridgehead atoms. The number of rotatable bonds is 12. The smallest absolute Gasteiger partial charge is 0.343 e. The average Bonchev–Trinajstić information content (AvgIpc) is 3.22. The molecule has 6 aromatic rings. The SMILES string of the molecule is COc1ccc(C2(c3ccc(OC(=O)c4ccc(Oc5ccc(S(=O)(=O)c6ccc(Oc7ccc(C(C)=O)cc7)cc6)cc5)cc4)cc3)CCCCC2)cc1. The summed E-state index contributed by atoms with van der Waals surface area (Å²) in [6.07, 6.45) is 5.66. The van der Waals surface area contributed by atoms with E-state index in [0.29, 0.717) is 39.9 Å². The van der Waals surface area contributed by atoms with Crippen LogP contribution in [0.3, 0.4) is 0 Å². The van der Waals surface area contributed by atoms with Crippen molar-refractivity contribution in [2.45, 2.75) is 54.2 Å².